The van der Waals surface area contributed by atoms with E-state index in [1.54, 1.807) is 15.3 Å². The van der Waals surface area contributed by atoms with Gasteiger partial charge in [-0.15, -0.1) is 0 Å². The first-order valence-electron chi connectivity index (χ1n) is 9.25. The van der Waals surface area contributed by atoms with E-state index in [2.05, 4.69) is 52.0 Å². The van der Waals surface area contributed by atoms with Gasteiger partial charge in [0.1, 0.15) is 0 Å². The van der Waals surface area contributed by atoms with Gasteiger partial charge in [-0.25, -0.2) is 0 Å². The van der Waals surface area contributed by atoms with E-state index in [-0.39, 0.29) is 24.8 Å². The van der Waals surface area contributed by atoms with Crippen LogP contribution in [0.3, 0.4) is 0 Å². The molecule has 0 spiro atoms. The van der Waals surface area contributed by atoms with E-state index in [1.165, 1.54) is 32.1 Å². The normalized spacial score (nSPS) is 31.5. The Hall–Kier alpha value is 0.423. The Morgan fingerprint density at radius 1 is 1.08 bits per heavy atom. The van der Waals surface area contributed by atoms with Crippen LogP contribution in [0.2, 0.25) is 11.4 Å². The van der Waals surface area contributed by atoms with Crippen LogP contribution in [0.1, 0.15) is 59.8 Å². The Bertz CT molecular complexity index is 633. The molecule has 0 N–H and O–H groups in total. The summed E-state index contributed by atoms with van der Waals surface area (Å²) in [5.74, 6) is 0. The second kappa shape index (κ2) is 7.21. The smallest absolute Gasteiger partial charge is 1.00 e. The summed E-state index contributed by atoms with van der Waals surface area (Å²) in [4.78, 5) is 0. The number of hydrogen-bond donors (Lipinski definition) is 0. The summed E-state index contributed by atoms with van der Waals surface area (Å²) in [6.45, 7) is 9.68. The van der Waals surface area contributed by atoms with Crippen LogP contribution in [-0.4, -0.2) is 0 Å². The third-order valence-corrected chi connectivity index (χ3v) is 21.2. The minimum absolute atomic E-state index is 0. The Morgan fingerprint density at radius 3 is 2.33 bits per heavy atom. The summed E-state index contributed by atoms with van der Waals surface area (Å²) < 4.78 is 5.55. The van der Waals surface area contributed by atoms with Crippen LogP contribution in [0.4, 0.5) is 0 Å². The summed E-state index contributed by atoms with van der Waals surface area (Å²) in [6.07, 6.45) is 17.3. The summed E-state index contributed by atoms with van der Waals surface area (Å²) in [7, 11) is 0. The molecule has 0 saturated carbocycles. The van der Waals surface area contributed by atoms with Crippen molar-refractivity contribution in [1.82, 2.24) is 0 Å². The van der Waals surface area contributed by atoms with Gasteiger partial charge in [0.25, 0.3) is 0 Å². The Labute approximate surface area is 165 Å². The van der Waals surface area contributed by atoms with E-state index < -0.39 is 20.3 Å². The number of hydrogen-bond acceptors (Lipinski definition) is 0. The first-order chi connectivity index (χ1) is 10.4. The topological polar surface area (TPSA) is 0 Å². The van der Waals surface area contributed by atoms with Crippen molar-refractivity contribution in [3.05, 3.63) is 44.3 Å². The van der Waals surface area contributed by atoms with E-state index in [4.69, 9.17) is 0 Å². The van der Waals surface area contributed by atoms with E-state index in [0.717, 1.165) is 7.25 Å². The van der Waals surface area contributed by atoms with Gasteiger partial charge in [0.15, 0.2) is 0 Å². The predicted molar refractivity (Wildman–Crippen MR) is 92.9 cm³/mol. The SMILES string of the molecule is C[CH]1[CH2][Zr+2]1([C]1=CC(C(C)(C)C)=CC1)[CH]1C=CC2=C1CCCC2.[Cl-].[Cl-]. The van der Waals surface area contributed by atoms with Gasteiger partial charge in [-0.2, -0.15) is 0 Å². The molecule has 3 atom stereocenters. The fourth-order valence-corrected chi connectivity index (χ4v) is 21.6. The number of rotatable bonds is 2. The van der Waals surface area contributed by atoms with Crippen LogP contribution in [0.25, 0.3) is 0 Å². The van der Waals surface area contributed by atoms with Crippen LogP contribution < -0.4 is 24.8 Å². The molecule has 1 aliphatic heterocycles. The fraction of sp³-hybridized carbons (Fsp3) is 0.619. The maximum Gasteiger partial charge on any atom is -1.00 e. The zero-order valence-corrected chi connectivity index (χ0v) is 19.4. The van der Waals surface area contributed by atoms with E-state index in [9.17, 15) is 0 Å². The third kappa shape index (κ3) is 3.23. The number of halogens is 2. The van der Waals surface area contributed by atoms with Crippen LogP contribution in [0.5, 0.6) is 0 Å². The first-order valence-corrected chi connectivity index (χ1v) is 15.1. The molecule has 0 nitrogen and oxygen atoms in total. The van der Waals surface area contributed by atoms with Gasteiger partial charge in [-0.3, -0.25) is 0 Å². The van der Waals surface area contributed by atoms with Crippen LogP contribution in [0, 0.1) is 5.41 Å². The molecular formula is C21H30Cl2Zr. The molecule has 3 unspecified atom stereocenters. The summed E-state index contributed by atoms with van der Waals surface area (Å²) in [5.41, 5.74) is 5.58. The second-order valence-electron chi connectivity index (χ2n) is 9.02. The zero-order valence-electron chi connectivity index (χ0n) is 15.5. The summed E-state index contributed by atoms with van der Waals surface area (Å²) >= 11 is -2.14. The molecular weight excluding hydrogens is 414 g/mol. The van der Waals surface area contributed by atoms with Crippen molar-refractivity contribution >= 4 is 0 Å². The van der Waals surface area contributed by atoms with Gasteiger partial charge in [0, 0.05) is 0 Å². The Balaban J connectivity index is 0.00000104. The van der Waals surface area contributed by atoms with Gasteiger partial charge in [0.2, 0.25) is 0 Å². The van der Waals surface area contributed by atoms with Crippen LogP contribution >= 0.6 is 0 Å². The minimum atomic E-state index is -2.14. The van der Waals surface area contributed by atoms with Gasteiger partial charge < -0.3 is 24.8 Å². The molecule has 4 aliphatic rings. The van der Waals surface area contributed by atoms with Crippen molar-refractivity contribution < 1.29 is 45.1 Å². The quantitative estimate of drug-likeness (QED) is 0.593. The van der Waals surface area contributed by atoms with Gasteiger partial charge >= 0.3 is 141 Å². The van der Waals surface area contributed by atoms with Crippen LogP contribution in [0.15, 0.2) is 44.3 Å². The summed E-state index contributed by atoms with van der Waals surface area (Å²) in [5, 5.41) is 0. The molecule has 24 heavy (non-hydrogen) atoms. The molecule has 3 heteroatoms. The van der Waals surface area contributed by atoms with Crippen LogP contribution in [-0.2, 0) is 20.3 Å². The molecule has 0 aromatic carbocycles. The third-order valence-electron chi connectivity index (χ3n) is 6.67. The van der Waals surface area contributed by atoms with Crippen molar-refractivity contribution in [2.24, 2.45) is 5.41 Å². The molecule has 4 rings (SSSR count). The monoisotopic (exact) mass is 442 g/mol. The van der Waals surface area contributed by atoms with Crippen molar-refractivity contribution in [2.75, 3.05) is 0 Å². The zero-order chi connectivity index (χ0) is 15.5. The van der Waals surface area contributed by atoms with Gasteiger partial charge in [0.05, 0.1) is 0 Å². The first kappa shape index (κ1) is 20.7. The van der Waals surface area contributed by atoms with Gasteiger partial charge in [-0.1, -0.05) is 0 Å². The molecule has 0 amide bonds. The molecule has 0 aromatic rings. The minimum Gasteiger partial charge on any atom is -1.00 e. The maximum atomic E-state index is 2.66. The molecule has 1 saturated heterocycles. The molecule has 1 heterocycles. The summed E-state index contributed by atoms with van der Waals surface area (Å²) in [6, 6.07) is 0. The average molecular weight is 445 g/mol. The fourth-order valence-electron chi connectivity index (χ4n) is 5.21. The Morgan fingerprint density at radius 2 is 1.75 bits per heavy atom. The molecule has 0 radical (unpaired) electrons. The molecule has 0 aromatic heterocycles. The van der Waals surface area contributed by atoms with Crippen molar-refractivity contribution in [1.29, 1.82) is 0 Å². The van der Waals surface area contributed by atoms with Crippen molar-refractivity contribution in [2.45, 2.75) is 71.2 Å². The molecule has 132 valence electrons. The van der Waals surface area contributed by atoms with E-state index >= 15 is 0 Å². The molecule has 3 aliphatic carbocycles. The second-order valence-corrected chi connectivity index (χ2v) is 20.7. The predicted octanol–water partition coefficient (Wildman–Crippen LogP) is 0.878. The van der Waals surface area contributed by atoms with Crippen molar-refractivity contribution in [3.8, 4) is 0 Å². The van der Waals surface area contributed by atoms with E-state index in [0.29, 0.717) is 5.41 Å². The van der Waals surface area contributed by atoms with Crippen molar-refractivity contribution in [3.63, 3.8) is 0 Å². The number of allylic oxidation sites excluding steroid dienone is 8. The molecule has 0 bridgehead atoms. The maximum absolute atomic E-state index is 2.66. The largest absolute Gasteiger partial charge is 1.00 e. The standard InChI is InChI=1S/C9H11.C9H13.C3H6.2ClH.Zr/c1-2-5-9-7-3-6-8(9)4-1;1-9(2,3)8-6-4-5-7-8;1-3-2;;;/h3,6-7H,1-2,4-5H2;6-7H,4H2,1-3H3;3H,1H2,2H3;2*1H;/q;;;;;+2/p-2. The molecule has 1 fully saturated rings. The van der Waals surface area contributed by atoms with E-state index in [1.807, 2.05) is 8.85 Å². The van der Waals surface area contributed by atoms with Gasteiger partial charge in [-0.05, 0) is 0 Å². The Kier molecular flexibility index (Phi) is 6.23. The average Bonchev–Trinajstić information content (AvgIpc) is 2.90.